The fourth-order valence-electron chi connectivity index (χ4n) is 0.0437. The molecular formula is H11N2O4P. The third-order valence-electron chi connectivity index (χ3n) is 0.135. The summed E-state index contributed by atoms with van der Waals surface area (Å²) in [6.07, 6.45) is 0. The van der Waals surface area contributed by atoms with Gasteiger partial charge in [-0.1, -0.05) is 0 Å². The third kappa shape index (κ3) is 5.71. The van der Waals surface area contributed by atoms with Crippen LogP contribution in [0.15, 0.2) is 5.28 Å². The van der Waals surface area contributed by atoms with Gasteiger partial charge >= 0.3 is 0 Å². The molecule has 1 N–H and O–H groups in total. The first kappa shape index (κ1) is 6.71. The van der Waals surface area contributed by atoms with Crippen molar-refractivity contribution < 1.29 is 25.4 Å². The third-order valence-corrected chi connectivity index (χ3v) is 0.213. The van der Waals surface area contributed by atoms with Crippen LogP contribution in [0, 0.1) is 5.53 Å². The molecule has 0 rings (SSSR count). The quantitative estimate of drug-likeness (QED) is 0.208. The number of nitrogens with zero attached hydrogens (tertiary/aromatic N) is 1. The zero-order valence-corrected chi connectivity index (χ0v) is 4.31. The summed E-state index contributed by atoms with van der Waals surface area (Å²) in [5.41, 5.74) is 5.92. The molecular weight excluding hydrogens is 123 g/mol. The summed E-state index contributed by atoms with van der Waals surface area (Å²) in [4.78, 5) is 3.50. The number of rotatable bonds is 4. The van der Waals surface area contributed by atoms with Crippen LogP contribution in [0.4, 0.5) is 0 Å². The van der Waals surface area contributed by atoms with E-state index in [0.29, 0.717) is 0 Å². The monoisotopic (exact) mass is 134 g/mol. The highest BCUT2D eigenvalue weighted by atomic mass is 31.0. The minimum atomic E-state index is 0. The molecule has 0 aromatic rings. The maximum Gasteiger partial charge on any atom is 0.0604 e. The van der Waals surface area contributed by atoms with Crippen LogP contribution >= 0.6 is 9.47 Å². The minimum Gasteiger partial charge on any atom is -0.188 e. The first-order valence-electron chi connectivity index (χ1n) is 1.14. The van der Waals surface area contributed by atoms with Crippen LogP contribution < -0.4 is 0 Å². The Morgan fingerprint density at radius 1 is 1.57 bits per heavy atom. The molecule has 0 aromatic carbocycles. The zero-order chi connectivity index (χ0) is 5.54. The van der Waals surface area contributed by atoms with Gasteiger partial charge in [-0.05, 0) is 5.04 Å². The summed E-state index contributed by atoms with van der Waals surface area (Å²) in [7, 11) is 1.72. The molecule has 7 heavy (non-hydrogen) atoms. The van der Waals surface area contributed by atoms with Crippen molar-refractivity contribution in [2.75, 3.05) is 0 Å². The number of hydrogen-bond acceptors (Lipinski definition) is 6. The lowest BCUT2D eigenvalue weighted by Gasteiger charge is -1.87. The Bertz CT molecular complexity index is 57.4. The Morgan fingerprint density at radius 2 is 2.29 bits per heavy atom. The maximum absolute atomic E-state index is 5.92. The molecule has 7 heteroatoms. The Balaban J connectivity index is -0.0000000300. The van der Waals surface area contributed by atoms with Gasteiger partial charge < -0.3 is 0 Å². The summed E-state index contributed by atoms with van der Waals surface area (Å²) >= 11 is 0. The molecule has 0 radical (unpaired) electrons. The minimum absolute atomic E-state index is 0. The second-order valence-corrected chi connectivity index (χ2v) is 0.591. The van der Waals surface area contributed by atoms with E-state index in [-0.39, 0.29) is 5.71 Å². The molecule has 0 spiro atoms. The largest absolute Gasteiger partial charge is 0.188 e. The molecule has 0 aliphatic heterocycles. The molecule has 0 saturated heterocycles. The fraction of sp³-hybridized carbons (Fsp3) is 0. The molecule has 1 atom stereocenters. The van der Waals surface area contributed by atoms with Crippen molar-refractivity contribution in [1.82, 2.24) is 0 Å². The van der Waals surface area contributed by atoms with Crippen LogP contribution in [-0.4, -0.2) is 0 Å². The van der Waals surface area contributed by atoms with Crippen LogP contribution in [0.25, 0.3) is 0 Å². The van der Waals surface area contributed by atoms with Crippen molar-refractivity contribution in [3.63, 3.8) is 0 Å². The molecule has 0 amide bonds. The van der Waals surface area contributed by atoms with E-state index in [4.69, 9.17) is 5.53 Å². The van der Waals surface area contributed by atoms with E-state index in [0.717, 1.165) is 0 Å². The molecule has 0 fully saturated rings. The van der Waals surface area contributed by atoms with Gasteiger partial charge in [-0.25, -0.2) is 0 Å². The van der Waals surface area contributed by atoms with E-state index in [2.05, 4.69) is 25.0 Å². The first-order chi connectivity index (χ1) is 3.41. The summed E-state index contributed by atoms with van der Waals surface area (Å²) < 4.78 is 3.77. The molecule has 0 aliphatic carbocycles. The molecule has 0 aliphatic rings. The Morgan fingerprint density at radius 3 is 2.71 bits per heavy atom. The second kappa shape index (κ2) is 5.71. The average molecular weight is 134 g/mol. The van der Waals surface area contributed by atoms with Gasteiger partial charge in [-0.2, -0.15) is 15.2 Å². The van der Waals surface area contributed by atoms with Crippen molar-refractivity contribution in [2.24, 2.45) is 5.28 Å². The van der Waals surface area contributed by atoms with Crippen molar-refractivity contribution >= 4 is 9.47 Å². The molecule has 0 bridgehead atoms. The van der Waals surface area contributed by atoms with E-state index in [1.54, 1.807) is 9.47 Å². The van der Waals surface area contributed by atoms with Crippen molar-refractivity contribution in [1.29, 1.82) is 5.53 Å². The molecule has 1 unspecified atom stereocenters. The summed E-state index contributed by atoms with van der Waals surface area (Å²) in [6, 6.07) is 0. The van der Waals surface area contributed by atoms with Crippen molar-refractivity contribution in [3.05, 3.63) is 0 Å². The van der Waals surface area contributed by atoms with E-state index < -0.39 is 0 Å². The second-order valence-electron chi connectivity index (χ2n) is 0.398. The summed E-state index contributed by atoms with van der Waals surface area (Å²) in [6.45, 7) is 0. The van der Waals surface area contributed by atoms with Gasteiger partial charge in [0.25, 0.3) is 0 Å². The summed E-state index contributed by atoms with van der Waals surface area (Å²) in [5.74, 6) is 0. The first-order valence-corrected chi connectivity index (χ1v) is 1.61. The van der Waals surface area contributed by atoms with Gasteiger partial charge in [-0.3, -0.25) is 0 Å². The maximum atomic E-state index is 5.92. The lowest BCUT2D eigenvalue weighted by atomic mass is 13.1. The number of hydrogen-bond donors (Lipinski definition) is 1. The molecule has 6 nitrogen and oxygen atoms in total. The van der Waals surface area contributed by atoms with Gasteiger partial charge in [0.15, 0.2) is 0 Å². The molecule has 0 heterocycles. The SMILES string of the molecule is N=NOOOOP.[HH].[HH].[HH].[HH]. The predicted octanol–water partition coefficient (Wildman–Crippen LogP) is 1.52. The smallest absolute Gasteiger partial charge is 0.0604 e. The lowest BCUT2D eigenvalue weighted by molar-refractivity contribution is -0.609. The molecule has 0 aromatic heterocycles. The average Bonchev–Trinajstić information content (AvgIpc) is 1.69. The van der Waals surface area contributed by atoms with Crippen LogP contribution in [0.5, 0.6) is 0 Å². The highest BCUT2D eigenvalue weighted by molar-refractivity contribution is 7.09. The van der Waals surface area contributed by atoms with Gasteiger partial charge in [0.05, 0.1) is 5.28 Å². The van der Waals surface area contributed by atoms with Crippen molar-refractivity contribution in [3.8, 4) is 0 Å². The van der Waals surface area contributed by atoms with Crippen LogP contribution in [0.3, 0.4) is 0 Å². The highest BCUT2D eigenvalue weighted by Gasteiger charge is 1.78. The van der Waals surface area contributed by atoms with Crippen LogP contribution in [0.1, 0.15) is 5.71 Å². The Kier molecular flexibility index (Phi) is 5.47. The van der Waals surface area contributed by atoms with E-state index in [1.807, 2.05) is 0 Å². The summed E-state index contributed by atoms with van der Waals surface area (Å²) in [5, 5.41) is 9.42. The van der Waals surface area contributed by atoms with Crippen molar-refractivity contribution in [2.45, 2.75) is 0 Å². The van der Waals surface area contributed by atoms with Crippen LogP contribution in [0.2, 0.25) is 0 Å². The van der Waals surface area contributed by atoms with E-state index in [1.165, 1.54) is 0 Å². The Labute approximate surface area is 47.2 Å². The van der Waals surface area contributed by atoms with Gasteiger partial charge in [0.2, 0.25) is 0 Å². The van der Waals surface area contributed by atoms with Crippen LogP contribution in [-0.2, 0) is 19.7 Å². The topological polar surface area (TPSA) is 73.1 Å². The van der Waals surface area contributed by atoms with Gasteiger partial charge in [0.1, 0.15) is 0 Å². The standard InChI is InChI=1S/H3N2O4P.4H2/c1-2-3-4-5-6-7;;;;/h1H,7H2;4*1H. The molecule has 0 saturated carbocycles. The zero-order valence-electron chi connectivity index (χ0n) is 3.16. The predicted molar refractivity (Wildman–Crippen MR) is 27.7 cm³/mol. The van der Waals surface area contributed by atoms with Gasteiger partial charge in [0, 0.05) is 20.2 Å². The normalized spacial score (nSPS) is 8.14. The van der Waals surface area contributed by atoms with E-state index in [9.17, 15) is 0 Å². The Hall–Kier alpha value is -0.290. The van der Waals surface area contributed by atoms with E-state index >= 15 is 0 Å². The fourth-order valence-corrected chi connectivity index (χ4v) is 0.0757. The number of nitrogens with one attached hydrogen (secondary N) is 1. The lowest BCUT2D eigenvalue weighted by Crippen LogP contribution is -1.84. The molecule has 50 valence electrons. The van der Waals surface area contributed by atoms with Gasteiger partial charge in [-0.15, -0.1) is 0 Å². The highest BCUT2D eigenvalue weighted by Crippen LogP contribution is 1.87.